The third-order valence-corrected chi connectivity index (χ3v) is 5.19. The molecule has 0 amide bonds. The highest BCUT2D eigenvalue weighted by Gasteiger charge is 2.17. The Balaban J connectivity index is 1.79. The van der Waals surface area contributed by atoms with Gasteiger partial charge in [-0.25, -0.2) is 9.67 Å². The maximum atomic E-state index is 6.03. The third-order valence-electron chi connectivity index (χ3n) is 5.19. The lowest BCUT2D eigenvalue weighted by molar-refractivity contribution is 0.373. The van der Waals surface area contributed by atoms with Gasteiger partial charge in [0.1, 0.15) is 0 Å². The van der Waals surface area contributed by atoms with Gasteiger partial charge in [-0.1, -0.05) is 19.3 Å². The van der Waals surface area contributed by atoms with E-state index in [0.29, 0.717) is 0 Å². The van der Waals surface area contributed by atoms with Crippen LogP contribution in [-0.2, 0) is 6.54 Å². The van der Waals surface area contributed by atoms with Gasteiger partial charge in [-0.2, -0.15) is 5.10 Å². The predicted molar refractivity (Wildman–Crippen MR) is 100 cm³/mol. The average molecular weight is 323 g/mol. The molecule has 0 saturated heterocycles. The minimum atomic E-state index is 0.763. The highest BCUT2D eigenvalue weighted by molar-refractivity contribution is 6.07. The minimum Gasteiger partial charge on any atom is -0.399 e. The summed E-state index contributed by atoms with van der Waals surface area (Å²) >= 11 is 0. The Morgan fingerprint density at radius 3 is 2.83 bits per heavy atom. The maximum absolute atomic E-state index is 6.03. The van der Waals surface area contributed by atoms with E-state index in [9.17, 15) is 0 Å². The number of aryl methyl sites for hydroxylation is 1. The quantitative estimate of drug-likeness (QED) is 0.707. The lowest BCUT2D eigenvalue weighted by Gasteiger charge is -2.23. The van der Waals surface area contributed by atoms with Crippen molar-refractivity contribution in [2.24, 2.45) is 5.92 Å². The van der Waals surface area contributed by atoms with Gasteiger partial charge in [-0.05, 0) is 43.9 Å². The summed E-state index contributed by atoms with van der Waals surface area (Å²) in [6, 6.07) is 5.94. The van der Waals surface area contributed by atoms with Crippen LogP contribution in [0.5, 0.6) is 0 Å². The number of pyridine rings is 1. The van der Waals surface area contributed by atoms with Crippen LogP contribution in [0.2, 0.25) is 0 Å². The number of anilines is 2. The molecular formula is C19H25N5. The van der Waals surface area contributed by atoms with Crippen LogP contribution in [0.3, 0.4) is 0 Å². The fourth-order valence-corrected chi connectivity index (χ4v) is 3.84. The molecule has 1 saturated carbocycles. The van der Waals surface area contributed by atoms with Crippen molar-refractivity contribution in [3.63, 3.8) is 0 Å². The van der Waals surface area contributed by atoms with Gasteiger partial charge in [0.05, 0.1) is 22.8 Å². The second kappa shape index (κ2) is 6.30. The first-order valence-electron chi connectivity index (χ1n) is 9.05. The minimum absolute atomic E-state index is 0.763. The summed E-state index contributed by atoms with van der Waals surface area (Å²) in [5.74, 6) is 0.763. The molecule has 3 N–H and O–H groups in total. The van der Waals surface area contributed by atoms with E-state index >= 15 is 0 Å². The van der Waals surface area contributed by atoms with Crippen LogP contribution >= 0.6 is 0 Å². The summed E-state index contributed by atoms with van der Waals surface area (Å²) in [7, 11) is 0. The Bertz CT molecular complexity index is 861. The number of benzene rings is 1. The van der Waals surface area contributed by atoms with Crippen molar-refractivity contribution in [3.05, 3.63) is 24.4 Å². The van der Waals surface area contributed by atoms with Crippen molar-refractivity contribution < 1.29 is 0 Å². The number of aromatic nitrogens is 3. The number of nitrogens with two attached hydrogens (primary N) is 1. The Labute approximate surface area is 142 Å². The molecule has 5 heteroatoms. The zero-order chi connectivity index (χ0) is 16.5. The summed E-state index contributed by atoms with van der Waals surface area (Å²) in [5, 5.41) is 10.4. The fraction of sp³-hybridized carbons (Fsp3) is 0.474. The van der Waals surface area contributed by atoms with Crippen LogP contribution < -0.4 is 11.1 Å². The number of nitrogens with zero attached hydrogens (tertiary/aromatic N) is 3. The smallest absolute Gasteiger partial charge is 0.160 e. The van der Waals surface area contributed by atoms with E-state index in [1.807, 2.05) is 29.1 Å². The molecule has 24 heavy (non-hydrogen) atoms. The molecule has 3 aromatic rings. The van der Waals surface area contributed by atoms with Crippen LogP contribution in [0.1, 0.15) is 39.0 Å². The molecule has 5 nitrogen and oxygen atoms in total. The number of nitrogen functional groups attached to an aromatic ring is 1. The van der Waals surface area contributed by atoms with Crippen LogP contribution in [0.4, 0.5) is 11.4 Å². The topological polar surface area (TPSA) is 68.8 Å². The highest BCUT2D eigenvalue weighted by atomic mass is 15.3. The van der Waals surface area contributed by atoms with E-state index in [1.165, 1.54) is 32.1 Å². The molecular weight excluding hydrogens is 298 g/mol. The molecule has 0 bridgehead atoms. The Morgan fingerprint density at radius 2 is 2.04 bits per heavy atom. The summed E-state index contributed by atoms with van der Waals surface area (Å²) < 4.78 is 1.96. The number of nitrogens with one attached hydrogen (secondary N) is 1. The summed E-state index contributed by atoms with van der Waals surface area (Å²) in [6.45, 7) is 3.93. The third kappa shape index (κ3) is 2.68. The van der Waals surface area contributed by atoms with E-state index in [2.05, 4.69) is 17.3 Å². The average Bonchev–Trinajstić information content (AvgIpc) is 3.02. The molecule has 1 aromatic carbocycles. The molecule has 2 heterocycles. The van der Waals surface area contributed by atoms with Crippen molar-refractivity contribution >= 4 is 33.3 Å². The van der Waals surface area contributed by atoms with Gasteiger partial charge in [-0.3, -0.25) is 0 Å². The maximum Gasteiger partial charge on any atom is 0.160 e. The first kappa shape index (κ1) is 15.2. The van der Waals surface area contributed by atoms with E-state index in [-0.39, 0.29) is 0 Å². The van der Waals surface area contributed by atoms with Gasteiger partial charge in [0, 0.05) is 24.2 Å². The monoisotopic (exact) mass is 323 g/mol. The van der Waals surface area contributed by atoms with E-state index < -0.39 is 0 Å². The van der Waals surface area contributed by atoms with Gasteiger partial charge in [0.25, 0.3) is 0 Å². The van der Waals surface area contributed by atoms with Gasteiger partial charge < -0.3 is 11.1 Å². The van der Waals surface area contributed by atoms with Crippen LogP contribution in [-0.4, -0.2) is 21.3 Å². The first-order valence-corrected chi connectivity index (χ1v) is 9.05. The fourth-order valence-electron chi connectivity index (χ4n) is 3.84. The van der Waals surface area contributed by atoms with E-state index in [4.69, 9.17) is 10.7 Å². The molecule has 0 radical (unpaired) electrons. The SMILES string of the molecule is CCn1ncc2c(NCC3CCCCC3)c3cc(N)ccc3nc21. The second-order valence-electron chi connectivity index (χ2n) is 6.85. The molecule has 0 aliphatic heterocycles. The predicted octanol–water partition coefficient (Wildman–Crippen LogP) is 4.18. The molecule has 126 valence electrons. The molecule has 2 aromatic heterocycles. The number of fused-ring (bicyclic) bond motifs is 2. The zero-order valence-electron chi connectivity index (χ0n) is 14.3. The van der Waals surface area contributed by atoms with Crippen molar-refractivity contribution in [2.45, 2.75) is 45.6 Å². The zero-order valence-corrected chi connectivity index (χ0v) is 14.3. The van der Waals surface area contributed by atoms with Crippen molar-refractivity contribution in [1.29, 1.82) is 0 Å². The Hall–Kier alpha value is -2.30. The largest absolute Gasteiger partial charge is 0.399 e. The van der Waals surface area contributed by atoms with Gasteiger partial charge in [0.15, 0.2) is 5.65 Å². The Kier molecular flexibility index (Phi) is 4.00. The number of hydrogen-bond donors (Lipinski definition) is 2. The molecule has 1 aliphatic carbocycles. The molecule has 0 unspecified atom stereocenters. The van der Waals surface area contributed by atoms with Gasteiger partial charge in [-0.15, -0.1) is 0 Å². The van der Waals surface area contributed by atoms with E-state index in [0.717, 1.165) is 52.3 Å². The molecule has 1 fully saturated rings. The second-order valence-corrected chi connectivity index (χ2v) is 6.85. The lowest BCUT2D eigenvalue weighted by atomic mass is 9.89. The van der Waals surface area contributed by atoms with Gasteiger partial charge in [0.2, 0.25) is 0 Å². The van der Waals surface area contributed by atoms with Crippen molar-refractivity contribution in [2.75, 3.05) is 17.6 Å². The standard InChI is InChI=1S/C19H25N5/c1-2-24-19-16(12-22-24)18(21-11-13-6-4-3-5-7-13)15-10-14(20)8-9-17(15)23-19/h8-10,12-13H,2-7,11,20H2,1H3,(H,21,23). The molecule has 1 aliphatic rings. The van der Waals surface area contributed by atoms with Crippen LogP contribution in [0.25, 0.3) is 21.9 Å². The van der Waals surface area contributed by atoms with Crippen LogP contribution in [0.15, 0.2) is 24.4 Å². The lowest BCUT2D eigenvalue weighted by Crippen LogP contribution is -2.17. The first-order chi connectivity index (χ1) is 11.8. The molecule has 0 spiro atoms. The number of hydrogen-bond acceptors (Lipinski definition) is 4. The normalized spacial score (nSPS) is 16.0. The van der Waals surface area contributed by atoms with Crippen molar-refractivity contribution in [1.82, 2.24) is 14.8 Å². The summed E-state index contributed by atoms with van der Waals surface area (Å²) in [6.07, 6.45) is 8.70. The van der Waals surface area contributed by atoms with Gasteiger partial charge >= 0.3 is 0 Å². The molecule has 0 atom stereocenters. The summed E-state index contributed by atoms with van der Waals surface area (Å²) in [4.78, 5) is 4.81. The van der Waals surface area contributed by atoms with E-state index in [1.54, 1.807) is 0 Å². The molecule has 4 rings (SSSR count). The van der Waals surface area contributed by atoms with Crippen LogP contribution in [0, 0.1) is 5.92 Å². The van der Waals surface area contributed by atoms with Crippen molar-refractivity contribution in [3.8, 4) is 0 Å². The highest BCUT2D eigenvalue weighted by Crippen LogP contribution is 2.33. The summed E-state index contributed by atoms with van der Waals surface area (Å²) in [5.41, 5.74) is 9.85. The Morgan fingerprint density at radius 1 is 1.21 bits per heavy atom. The number of rotatable bonds is 4.